The van der Waals surface area contributed by atoms with Gasteiger partial charge in [-0.05, 0) is 12.8 Å². The number of nitrogens with one attached hydrogen (secondary N) is 3. The number of fused-ring (bicyclic) bond motifs is 1. The third kappa shape index (κ3) is 3.37. The average Bonchev–Trinajstić information content (AvgIpc) is 3.25. The van der Waals surface area contributed by atoms with Crippen LogP contribution < -0.4 is 16.0 Å². The van der Waals surface area contributed by atoms with Gasteiger partial charge in [-0.3, -0.25) is 9.48 Å². The van der Waals surface area contributed by atoms with Crippen LogP contribution in [0.3, 0.4) is 0 Å². The molecule has 3 heterocycles. The van der Waals surface area contributed by atoms with Crippen molar-refractivity contribution in [2.45, 2.75) is 44.3 Å². The van der Waals surface area contributed by atoms with E-state index < -0.39 is 6.09 Å². The number of carbonyl (C=O) groups excluding carboxylic acids is 1. The lowest BCUT2D eigenvalue weighted by Crippen LogP contribution is -2.48. The minimum absolute atomic E-state index is 0.125. The van der Waals surface area contributed by atoms with Crippen LogP contribution in [-0.2, 0) is 13.6 Å². The van der Waals surface area contributed by atoms with Crippen molar-refractivity contribution in [3.05, 3.63) is 28.5 Å². The van der Waals surface area contributed by atoms with Gasteiger partial charge in [-0.15, -0.1) is 0 Å². The predicted octanol–water partition coefficient (Wildman–Crippen LogP) is 2.37. The summed E-state index contributed by atoms with van der Waals surface area (Å²) >= 11 is 6.58. The van der Waals surface area contributed by atoms with Crippen LogP contribution >= 0.6 is 11.6 Å². The standard InChI is InChI=1S/C18H21ClN6O3/c1-25-8-9(6-21-25)15-13-10(7-20-17(13)26)14(19)16(24-15)22-11-4-2-3-5-12(11)23-18(27)28/h6,8,11-12,23H,2-5,7H2,1H3,(H,20,26)(H,22,24)(H,27,28). The lowest BCUT2D eigenvalue weighted by molar-refractivity contribution is 0.0966. The van der Waals surface area contributed by atoms with Crippen LogP contribution in [0.5, 0.6) is 0 Å². The van der Waals surface area contributed by atoms with E-state index in [9.17, 15) is 9.59 Å². The first-order chi connectivity index (χ1) is 13.4. The predicted molar refractivity (Wildman–Crippen MR) is 103 cm³/mol. The van der Waals surface area contributed by atoms with Gasteiger partial charge in [0.2, 0.25) is 0 Å². The summed E-state index contributed by atoms with van der Waals surface area (Å²) in [6, 6.07) is -0.348. The topological polar surface area (TPSA) is 121 Å². The Hall–Kier alpha value is -2.81. The molecule has 1 saturated carbocycles. The number of halogens is 1. The number of aromatic nitrogens is 3. The zero-order valence-corrected chi connectivity index (χ0v) is 16.1. The number of nitrogens with zero attached hydrogens (tertiary/aromatic N) is 3. The van der Waals surface area contributed by atoms with E-state index in [0.717, 1.165) is 31.2 Å². The zero-order valence-electron chi connectivity index (χ0n) is 15.3. The number of carboxylic acid groups (broad SMARTS) is 1. The maximum absolute atomic E-state index is 12.4. The number of carbonyl (C=O) groups is 2. The summed E-state index contributed by atoms with van der Waals surface area (Å²) in [4.78, 5) is 28.1. The van der Waals surface area contributed by atoms with E-state index in [0.29, 0.717) is 34.2 Å². The quantitative estimate of drug-likeness (QED) is 0.620. The first-order valence-electron chi connectivity index (χ1n) is 9.19. The van der Waals surface area contributed by atoms with Crippen molar-refractivity contribution >= 4 is 29.4 Å². The molecule has 2 amide bonds. The number of hydrogen-bond acceptors (Lipinski definition) is 5. The summed E-state index contributed by atoms with van der Waals surface area (Å²) in [5, 5.41) is 22.4. The third-order valence-corrected chi connectivity index (χ3v) is 5.67. The van der Waals surface area contributed by atoms with Crippen LogP contribution in [0.4, 0.5) is 10.6 Å². The summed E-state index contributed by atoms with van der Waals surface area (Å²) in [6.45, 7) is 0.332. The minimum Gasteiger partial charge on any atom is -0.465 e. The lowest BCUT2D eigenvalue weighted by atomic mass is 9.90. The maximum atomic E-state index is 12.4. The van der Waals surface area contributed by atoms with Gasteiger partial charge in [-0.25, -0.2) is 9.78 Å². The fourth-order valence-electron chi connectivity index (χ4n) is 3.94. The van der Waals surface area contributed by atoms with E-state index in [1.54, 1.807) is 24.1 Å². The van der Waals surface area contributed by atoms with Crippen LogP contribution in [-0.4, -0.2) is 44.0 Å². The molecule has 2 unspecified atom stereocenters. The molecule has 9 nitrogen and oxygen atoms in total. The highest BCUT2D eigenvalue weighted by Crippen LogP contribution is 2.37. The molecule has 0 bridgehead atoms. The summed E-state index contributed by atoms with van der Waals surface area (Å²) in [6.07, 6.45) is 5.92. The summed E-state index contributed by atoms with van der Waals surface area (Å²) < 4.78 is 1.64. The molecule has 4 N–H and O–H groups in total. The molecule has 4 rings (SSSR count). The molecule has 0 spiro atoms. The van der Waals surface area contributed by atoms with Gasteiger partial charge in [0.1, 0.15) is 5.82 Å². The van der Waals surface area contributed by atoms with Crippen molar-refractivity contribution < 1.29 is 14.7 Å². The highest BCUT2D eigenvalue weighted by Gasteiger charge is 2.32. The Balaban J connectivity index is 1.73. The Bertz CT molecular complexity index is 944. The molecule has 2 aliphatic rings. The van der Waals surface area contributed by atoms with Crippen molar-refractivity contribution in [2.75, 3.05) is 5.32 Å². The van der Waals surface area contributed by atoms with Gasteiger partial charge in [-0.2, -0.15) is 5.10 Å². The Morgan fingerprint density at radius 3 is 2.79 bits per heavy atom. The van der Waals surface area contributed by atoms with Crippen molar-refractivity contribution in [3.8, 4) is 11.3 Å². The van der Waals surface area contributed by atoms with Crippen LogP contribution in [0, 0.1) is 0 Å². The van der Waals surface area contributed by atoms with Gasteiger partial charge in [0, 0.05) is 37.0 Å². The highest BCUT2D eigenvalue weighted by atomic mass is 35.5. The van der Waals surface area contributed by atoms with E-state index in [1.807, 2.05) is 0 Å². The molecule has 1 aliphatic heterocycles. The van der Waals surface area contributed by atoms with Gasteiger partial charge in [0.15, 0.2) is 0 Å². The van der Waals surface area contributed by atoms with Crippen molar-refractivity contribution in [1.29, 1.82) is 0 Å². The van der Waals surface area contributed by atoms with Gasteiger partial charge < -0.3 is 21.1 Å². The first kappa shape index (κ1) is 18.5. The number of anilines is 1. The molecule has 1 fully saturated rings. The van der Waals surface area contributed by atoms with Crippen LogP contribution in [0.2, 0.25) is 5.02 Å². The van der Waals surface area contributed by atoms with Crippen molar-refractivity contribution in [3.63, 3.8) is 0 Å². The van der Waals surface area contributed by atoms with Crippen LogP contribution in [0.1, 0.15) is 41.6 Å². The lowest BCUT2D eigenvalue weighted by Gasteiger charge is -2.32. The van der Waals surface area contributed by atoms with Gasteiger partial charge in [0.25, 0.3) is 5.91 Å². The highest BCUT2D eigenvalue weighted by molar-refractivity contribution is 6.34. The Morgan fingerprint density at radius 1 is 1.36 bits per heavy atom. The van der Waals surface area contributed by atoms with Crippen LogP contribution in [0.25, 0.3) is 11.3 Å². The molecular weight excluding hydrogens is 384 g/mol. The number of hydrogen-bond donors (Lipinski definition) is 4. The van der Waals surface area contributed by atoms with E-state index in [-0.39, 0.29) is 18.0 Å². The van der Waals surface area contributed by atoms with Gasteiger partial charge in [0.05, 0.1) is 28.5 Å². The number of pyridine rings is 1. The Morgan fingerprint density at radius 2 is 2.11 bits per heavy atom. The average molecular weight is 405 g/mol. The van der Waals surface area contributed by atoms with E-state index in [1.165, 1.54) is 0 Å². The first-order valence-corrected chi connectivity index (χ1v) is 9.57. The van der Waals surface area contributed by atoms with Gasteiger partial charge in [-0.1, -0.05) is 24.4 Å². The van der Waals surface area contributed by atoms with E-state index in [2.05, 4.69) is 26.0 Å². The normalized spacial score (nSPS) is 21.1. The Kier molecular flexibility index (Phi) is 4.84. The number of aryl methyl sites for hydroxylation is 1. The molecule has 0 radical (unpaired) electrons. The van der Waals surface area contributed by atoms with Crippen LogP contribution in [0.15, 0.2) is 12.4 Å². The second kappa shape index (κ2) is 7.31. The van der Waals surface area contributed by atoms with Gasteiger partial charge >= 0.3 is 6.09 Å². The molecule has 0 saturated heterocycles. The zero-order chi connectivity index (χ0) is 19.8. The second-order valence-electron chi connectivity index (χ2n) is 7.15. The number of rotatable bonds is 4. The second-order valence-corrected chi connectivity index (χ2v) is 7.53. The molecule has 28 heavy (non-hydrogen) atoms. The van der Waals surface area contributed by atoms with Crippen molar-refractivity contribution in [2.24, 2.45) is 7.05 Å². The molecule has 1 aliphatic carbocycles. The third-order valence-electron chi connectivity index (χ3n) is 5.26. The SMILES string of the molecule is Cn1cc(-c2nc(NC3CCCCC3NC(=O)O)c(Cl)c3c2C(=O)NC3)cn1. The fraction of sp³-hybridized carbons (Fsp3) is 0.444. The maximum Gasteiger partial charge on any atom is 0.404 e. The smallest absolute Gasteiger partial charge is 0.404 e. The summed E-state index contributed by atoms with van der Waals surface area (Å²) in [5.74, 6) is 0.248. The molecule has 2 atom stereocenters. The number of amides is 2. The molecule has 10 heteroatoms. The van der Waals surface area contributed by atoms with Crippen molar-refractivity contribution in [1.82, 2.24) is 25.4 Å². The molecular formula is C18H21ClN6O3. The van der Waals surface area contributed by atoms with E-state index in [4.69, 9.17) is 16.7 Å². The van der Waals surface area contributed by atoms with E-state index >= 15 is 0 Å². The summed E-state index contributed by atoms with van der Waals surface area (Å²) in [5.41, 5.74) is 2.40. The summed E-state index contributed by atoms with van der Waals surface area (Å²) in [7, 11) is 1.79. The molecule has 0 aromatic carbocycles. The Labute approximate surface area is 166 Å². The fourth-order valence-corrected chi connectivity index (χ4v) is 4.20. The largest absolute Gasteiger partial charge is 0.465 e. The molecule has 148 valence electrons. The monoisotopic (exact) mass is 404 g/mol. The molecule has 2 aromatic heterocycles. The minimum atomic E-state index is -1.04. The molecule has 2 aromatic rings.